The average Bonchev–Trinajstić information content (AvgIpc) is 2.36. The van der Waals surface area contributed by atoms with Gasteiger partial charge in [0.25, 0.3) is 0 Å². The van der Waals surface area contributed by atoms with Gasteiger partial charge in [-0.3, -0.25) is 0 Å². The van der Waals surface area contributed by atoms with Gasteiger partial charge >= 0.3 is 0 Å². The second-order valence-corrected chi connectivity index (χ2v) is 14.5. The molecule has 1 rings (SSSR count). The molecule has 120 valence electrons. The highest BCUT2D eigenvalue weighted by molar-refractivity contribution is 9.13. The predicted molar refractivity (Wildman–Crippen MR) is 120 cm³/mol. The first-order valence-electron chi connectivity index (χ1n) is 6.35. The Morgan fingerprint density at radius 2 is 0.400 bits per heavy atom. The quantitative estimate of drug-likeness (QED) is 0.221. The van der Waals surface area contributed by atoms with Crippen molar-refractivity contribution in [2.24, 2.45) is 0 Å². The van der Waals surface area contributed by atoms with E-state index in [0.29, 0.717) is 38.6 Å². The average molecular weight is 799 g/mol. The third kappa shape index (κ3) is 7.38. The van der Waals surface area contributed by atoms with E-state index in [1.54, 1.807) is 0 Å². The first-order valence-corrected chi connectivity index (χ1v) is 13.7. The Kier molecular flexibility index (Phi) is 11.8. The summed E-state index contributed by atoms with van der Waals surface area (Å²) in [6, 6.07) is 0. The van der Waals surface area contributed by atoms with Crippen LogP contribution in [-0.4, -0.2) is 38.6 Å². The van der Waals surface area contributed by atoms with Crippen LogP contribution in [-0.2, 0) is 0 Å². The zero-order chi connectivity index (χ0) is 15.4. The molecule has 1 aliphatic rings. The Morgan fingerprint density at radius 1 is 0.300 bits per heavy atom. The van der Waals surface area contributed by atoms with Crippen LogP contribution in [0.3, 0.4) is 0 Å². The predicted octanol–water partition coefficient (Wildman–Crippen LogP) is 7.67. The molecule has 0 bridgehead atoms. The lowest BCUT2D eigenvalue weighted by atomic mass is 10.0. The molecule has 0 nitrogen and oxygen atoms in total. The zero-order valence-corrected chi connectivity index (χ0v) is 23.2. The highest BCUT2D eigenvalue weighted by Gasteiger charge is 2.32. The summed E-state index contributed by atoms with van der Waals surface area (Å²) in [5.74, 6) is 0. The molecule has 0 aromatic carbocycles. The van der Waals surface area contributed by atoms with Crippen molar-refractivity contribution in [3.05, 3.63) is 0 Å². The van der Waals surface area contributed by atoms with Gasteiger partial charge in [-0.25, -0.2) is 0 Å². The molecule has 1 fully saturated rings. The Bertz CT molecular complexity index is 209. The molecule has 20 heavy (non-hydrogen) atoms. The van der Waals surface area contributed by atoms with Crippen LogP contribution in [0.4, 0.5) is 0 Å². The maximum absolute atomic E-state index is 3.83. The minimum absolute atomic E-state index is 0.458. The lowest BCUT2D eigenvalue weighted by Crippen LogP contribution is -2.33. The number of halogens is 8. The second-order valence-electron chi connectivity index (χ2n) is 5.07. The van der Waals surface area contributed by atoms with Crippen LogP contribution in [0.1, 0.15) is 25.7 Å². The zero-order valence-electron chi connectivity index (χ0n) is 10.5. The smallest absolute Gasteiger partial charge is 0.0282 e. The van der Waals surface area contributed by atoms with Gasteiger partial charge in [0, 0.05) is 38.6 Å². The van der Waals surface area contributed by atoms with Crippen molar-refractivity contribution < 1.29 is 0 Å². The van der Waals surface area contributed by atoms with E-state index < -0.39 is 0 Å². The SMILES string of the molecule is BrC1CC(Br)C(Br)CC(Br)C(Br)CC(Br)C(Br)CC1Br. The van der Waals surface area contributed by atoms with Gasteiger partial charge in [0.05, 0.1) is 0 Å². The summed E-state index contributed by atoms with van der Waals surface area (Å²) in [7, 11) is 0. The third-order valence-corrected chi connectivity index (χ3v) is 14.3. The summed E-state index contributed by atoms with van der Waals surface area (Å²) in [6.45, 7) is 0. The molecule has 0 heterocycles. The molecule has 1 aliphatic carbocycles. The van der Waals surface area contributed by atoms with E-state index in [0.717, 1.165) is 25.7 Å². The van der Waals surface area contributed by atoms with Crippen molar-refractivity contribution in [2.75, 3.05) is 0 Å². The summed E-state index contributed by atoms with van der Waals surface area (Å²) in [4.78, 5) is 3.66. The summed E-state index contributed by atoms with van der Waals surface area (Å²) in [5, 5.41) is 0. The fourth-order valence-electron chi connectivity index (χ4n) is 2.04. The maximum atomic E-state index is 3.83. The van der Waals surface area contributed by atoms with Gasteiger partial charge in [-0.2, -0.15) is 0 Å². The topological polar surface area (TPSA) is 0 Å². The fourth-order valence-corrected chi connectivity index (χ4v) is 9.00. The van der Waals surface area contributed by atoms with Crippen molar-refractivity contribution in [3.8, 4) is 0 Å². The Balaban J connectivity index is 2.81. The molecule has 8 heteroatoms. The molecule has 0 N–H and O–H groups in total. The largest absolute Gasteiger partial charge is 0.0878 e. The van der Waals surface area contributed by atoms with Crippen molar-refractivity contribution in [1.82, 2.24) is 0 Å². The van der Waals surface area contributed by atoms with E-state index in [1.807, 2.05) is 0 Å². The third-order valence-electron chi connectivity index (χ3n) is 3.37. The molecule has 0 spiro atoms. The van der Waals surface area contributed by atoms with E-state index in [2.05, 4.69) is 127 Å². The lowest BCUT2D eigenvalue weighted by Gasteiger charge is -2.30. The van der Waals surface area contributed by atoms with Gasteiger partial charge < -0.3 is 0 Å². The molecular weight excluding hydrogens is 783 g/mol. The molecular formula is C12H16Br8. The van der Waals surface area contributed by atoms with Crippen molar-refractivity contribution in [3.63, 3.8) is 0 Å². The molecule has 0 saturated heterocycles. The van der Waals surface area contributed by atoms with Gasteiger partial charge in [0.1, 0.15) is 0 Å². The van der Waals surface area contributed by atoms with Gasteiger partial charge in [0.15, 0.2) is 0 Å². The number of rotatable bonds is 0. The number of hydrogen-bond acceptors (Lipinski definition) is 0. The fraction of sp³-hybridized carbons (Fsp3) is 1.00. The van der Waals surface area contributed by atoms with Crippen LogP contribution >= 0.6 is 127 Å². The van der Waals surface area contributed by atoms with Crippen LogP contribution < -0.4 is 0 Å². The van der Waals surface area contributed by atoms with Crippen molar-refractivity contribution >= 4 is 127 Å². The second kappa shape index (κ2) is 10.7. The molecule has 0 amide bonds. The monoisotopic (exact) mass is 791 g/mol. The lowest BCUT2D eigenvalue weighted by molar-refractivity contribution is 0.575. The summed E-state index contributed by atoms with van der Waals surface area (Å²) < 4.78 is 0. The van der Waals surface area contributed by atoms with Crippen LogP contribution in [0.15, 0.2) is 0 Å². The van der Waals surface area contributed by atoms with Gasteiger partial charge in [0.2, 0.25) is 0 Å². The molecule has 0 aliphatic heterocycles. The van der Waals surface area contributed by atoms with E-state index in [-0.39, 0.29) is 0 Å². The molecule has 8 atom stereocenters. The summed E-state index contributed by atoms with van der Waals surface area (Å²) >= 11 is 30.6. The summed E-state index contributed by atoms with van der Waals surface area (Å²) in [5.41, 5.74) is 0. The molecule has 0 aromatic heterocycles. The maximum Gasteiger partial charge on any atom is 0.0282 e. The van der Waals surface area contributed by atoms with Crippen molar-refractivity contribution in [1.29, 1.82) is 0 Å². The molecule has 1 saturated carbocycles. The molecule has 0 aromatic rings. The Morgan fingerprint density at radius 3 is 0.500 bits per heavy atom. The highest BCUT2D eigenvalue weighted by Crippen LogP contribution is 2.37. The highest BCUT2D eigenvalue weighted by atomic mass is 79.9. The molecule has 8 unspecified atom stereocenters. The van der Waals surface area contributed by atoms with E-state index in [4.69, 9.17) is 0 Å². The van der Waals surface area contributed by atoms with E-state index in [1.165, 1.54) is 0 Å². The first kappa shape index (κ1) is 21.9. The number of hydrogen-bond donors (Lipinski definition) is 0. The van der Waals surface area contributed by atoms with Crippen LogP contribution in [0.2, 0.25) is 0 Å². The van der Waals surface area contributed by atoms with E-state index in [9.17, 15) is 0 Å². The first-order chi connectivity index (χ1) is 9.22. The van der Waals surface area contributed by atoms with Crippen LogP contribution in [0.5, 0.6) is 0 Å². The number of alkyl halides is 8. The van der Waals surface area contributed by atoms with Gasteiger partial charge in [-0.1, -0.05) is 127 Å². The van der Waals surface area contributed by atoms with Gasteiger partial charge in [-0.15, -0.1) is 0 Å². The Hall–Kier alpha value is 3.84. The van der Waals surface area contributed by atoms with E-state index >= 15 is 0 Å². The van der Waals surface area contributed by atoms with Gasteiger partial charge in [-0.05, 0) is 25.7 Å². The minimum Gasteiger partial charge on any atom is -0.0878 e. The van der Waals surface area contributed by atoms with Crippen molar-refractivity contribution in [2.45, 2.75) is 64.3 Å². The Labute approximate surface area is 189 Å². The minimum atomic E-state index is 0.458. The van der Waals surface area contributed by atoms with Crippen LogP contribution in [0, 0.1) is 0 Å². The molecule has 0 radical (unpaired) electrons. The normalized spacial score (nSPS) is 49.2. The van der Waals surface area contributed by atoms with Crippen LogP contribution in [0.25, 0.3) is 0 Å². The standard InChI is InChI=1S/C12H16Br8/c13-5-1-6(14)8(16)3-10(18)12(20)4-11(19)9(17)2-7(5)15/h5-12H,1-4H2. The summed E-state index contributed by atoms with van der Waals surface area (Å²) in [6.07, 6.45) is 4.35.